The molecular formula is C22H33N5O8. The second-order valence-electron chi connectivity index (χ2n) is 8.15. The number of nitrogens with two attached hydrogens (primary N) is 2. The summed E-state index contributed by atoms with van der Waals surface area (Å²) in [5.74, 6) is -4.79. The van der Waals surface area contributed by atoms with Gasteiger partial charge in [-0.2, -0.15) is 0 Å². The molecule has 10 N–H and O–H groups in total. The number of aliphatic hydroxyl groups excluding tert-OH is 2. The van der Waals surface area contributed by atoms with Crippen LogP contribution in [-0.2, 0) is 30.4 Å². The first kappa shape index (κ1) is 29.5. The van der Waals surface area contributed by atoms with E-state index < -0.39 is 66.0 Å². The Labute approximate surface area is 202 Å². The minimum atomic E-state index is -1.68. The smallest absolute Gasteiger partial charge is 0.328 e. The Bertz CT molecular complexity index is 893. The number of primary amides is 1. The minimum absolute atomic E-state index is 0.000522. The molecule has 194 valence electrons. The summed E-state index contributed by atoms with van der Waals surface area (Å²) < 4.78 is 0. The van der Waals surface area contributed by atoms with Gasteiger partial charge in [0.1, 0.15) is 12.1 Å². The van der Waals surface area contributed by atoms with Crippen molar-refractivity contribution in [1.29, 1.82) is 0 Å². The van der Waals surface area contributed by atoms with Gasteiger partial charge < -0.3 is 42.7 Å². The number of carbonyl (C=O) groups is 5. The quantitative estimate of drug-likeness (QED) is 0.132. The molecule has 1 aromatic rings. The zero-order valence-electron chi connectivity index (χ0n) is 19.5. The Hall–Kier alpha value is -3.55. The van der Waals surface area contributed by atoms with Crippen molar-refractivity contribution in [2.45, 2.75) is 69.5 Å². The highest BCUT2D eigenvalue weighted by atomic mass is 16.4. The summed E-state index contributed by atoms with van der Waals surface area (Å²) in [6.07, 6.45) is -3.08. The molecule has 13 nitrogen and oxygen atoms in total. The van der Waals surface area contributed by atoms with Crippen LogP contribution in [0.25, 0.3) is 0 Å². The first-order chi connectivity index (χ1) is 16.3. The van der Waals surface area contributed by atoms with Gasteiger partial charge in [0, 0.05) is 12.8 Å². The number of amides is 4. The highest BCUT2D eigenvalue weighted by molar-refractivity contribution is 5.94. The van der Waals surface area contributed by atoms with Crippen LogP contribution in [0.2, 0.25) is 0 Å². The number of carboxylic acid groups (broad SMARTS) is 1. The molecule has 1 rings (SSSR count). The molecule has 0 heterocycles. The van der Waals surface area contributed by atoms with Gasteiger partial charge in [-0.25, -0.2) is 4.79 Å². The largest absolute Gasteiger partial charge is 0.480 e. The Kier molecular flexibility index (Phi) is 11.8. The molecular weight excluding hydrogens is 462 g/mol. The molecule has 13 heteroatoms. The summed E-state index contributed by atoms with van der Waals surface area (Å²) in [6.45, 7) is 2.36. The number of hydrogen-bond acceptors (Lipinski definition) is 8. The summed E-state index contributed by atoms with van der Waals surface area (Å²) in [7, 11) is 0. The van der Waals surface area contributed by atoms with Gasteiger partial charge in [0.2, 0.25) is 23.6 Å². The van der Waals surface area contributed by atoms with E-state index in [1.165, 1.54) is 6.92 Å². The number of carboxylic acids is 1. The van der Waals surface area contributed by atoms with Gasteiger partial charge in [-0.3, -0.25) is 19.2 Å². The fourth-order valence-electron chi connectivity index (χ4n) is 3.06. The summed E-state index contributed by atoms with van der Waals surface area (Å²) in [5, 5.41) is 35.6. The SMILES string of the molecule is CC(O)C(NC(=O)C(NC(=O)C(Cc1ccccc1)NC(=O)C(N)CCC(N)=O)C(C)O)C(=O)O. The topological polar surface area (TPSA) is 234 Å². The highest BCUT2D eigenvalue weighted by Crippen LogP contribution is 2.06. The summed E-state index contributed by atoms with van der Waals surface area (Å²) in [5.41, 5.74) is 11.5. The second-order valence-corrected chi connectivity index (χ2v) is 8.15. The van der Waals surface area contributed by atoms with Crippen LogP contribution in [0, 0.1) is 0 Å². The van der Waals surface area contributed by atoms with E-state index in [0.29, 0.717) is 5.56 Å². The third kappa shape index (κ3) is 10.1. The fraction of sp³-hybridized carbons (Fsp3) is 0.500. The van der Waals surface area contributed by atoms with Crippen LogP contribution < -0.4 is 27.4 Å². The predicted octanol–water partition coefficient (Wildman–Crippen LogP) is -2.88. The lowest BCUT2D eigenvalue weighted by Gasteiger charge is -2.27. The maximum atomic E-state index is 13.0. The lowest BCUT2D eigenvalue weighted by atomic mass is 10.0. The van der Waals surface area contributed by atoms with Crippen LogP contribution in [0.4, 0.5) is 0 Å². The van der Waals surface area contributed by atoms with Gasteiger partial charge >= 0.3 is 5.97 Å². The van der Waals surface area contributed by atoms with Gasteiger partial charge in [-0.05, 0) is 25.8 Å². The molecule has 1 aromatic carbocycles. The number of hydrogen-bond donors (Lipinski definition) is 8. The van der Waals surface area contributed by atoms with Crippen molar-refractivity contribution < 1.29 is 39.3 Å². The zero-order valence-corrected chi connectivity index (χ0v) is 19.5. The van der Waals surface area contributed by atoms with Crippen molar-refractivity contribution in [2.75, 3.05) is 0 Å². The van der Waals surface area contributed by atoms with Gasteiger partial charge in [0.15, 0.2) is 6.04 Å². The molecule has 0 radical (unpaired) electrons. The van der Waals surface area contributed by atoms with Crippen molar-refractivity contribution in [3.8, 4) is 0 Å². The van der Waals surface area contributed by atoms with E-state index in [2.05, 4.69) is 16.0 Å². The van der Waals surface area contributed by atoms with Crippen LogP contribution >= 0.6 is 0 Å². The number of nitrogens with one attached hydrogen (secondary N) is 3. The minimum Gasteiger partial charge on any atom is -0.480 e. The van der Waals surface area contributed by atoms with Crippen molar-refractivity contribution in [1.82, 2.24) is 16.0 Å². The first-order valence-corrected chi connectivity index (χ1v) is 10.9. The van der Waals surface area contributed by atoms with Gasteiger partial charge in [-0.15, -0.1) is 0 Å². The van der Waals surface area contributed by atoms with Crippen LogP contribution in [0.1, 0.15) is 32.3 Å². The van der Waals surface area contributed by atoms with E-state index in [1.54, 1.807) is 30.3 Å². The summed E-state index contributed by atoms with van der Waals surface area (Å²) in [4.78, 5) is 60.4. The molecule has 0 aliphatic rings. The molecule has 0 bridgehead atoms. The van der Waals surface area contributed by atoms with E-state index >= 15 is 0 Å². The second kappa shape index (κ2) is 14.0. The lowest BCUT2D eigenvalue weighted by Crippen LogP contribution is -2.61. The van der Waals surface area contributed by atoms with Crippen molar-refractivity contribution in [3.63, 3.8) is 0 Å². The number of benzene rings is 1. The molecule has 35 heavy (non-hydrogen) atoms. The molecule has 0 saturated heterocycles. The maximum Gasteiger partial charge on any atom is 0.328 e. The Morgan fingerprint density at radius 1 is 0.857 bits per heavy atom. The third-order valence-corrected chi connectivity index (χ3v) is 5.06. The van der Waals surface area contributed by atoms with Gasteiger partial charge in [0.25, 0.3) is 0 Å². The molecule has 4 amide bonds. The molecule has 0 fully saturated rings. The number of rotatable bonds is 14. The Morgan fingerprint density at radius 2 is 1.40 bits per heavy atom. The van der Waals surface area contributed by atoms with E-state index in [0.717, 1.165) is 6.92 Å². The van der Waals surface area contributed by atoms with E-state index in [-0.39, 0.29) is 19.3 Å². The number of aliphatic hydroxyl groups is 2. The third-order valence-electron chi connectivity index (χ3n) is 5.06. The lowest BCUT2D eigenvalue weighted by molar-refractivity contribution is -0.146. The van der Waals surface area contributed by atoms with E-state index in [9.17, 15) is 34.2 Å². The summed E-state index contributed by atoms with van der Waals surface area (Å²) in [6, 6.07) is 2.98. The monoisotopic (exact) mass is 495 g/mol. The number of carbonyl (C=O) groups excluding carboxylic acids is 4. The van der Waals surface area contributed by atoms with Crippen LogP contribution in [-0.4, -0.2) is 81.3 Å². The molecule has 0 saturated carbocycles. The molecule has 0 aliphatic heterocycles. The average Bonchev–Trinajstić information content (AvgIpc) is 2.78. The number of aliphatic carboxylic acids is 1. The van der Waals surface area contributed by atoms with E-state index in [1.807, 2.05) is 0 Å². The van der Waals surface area contributed by atoms with Gasteiger partial charge in [-0.1, -0.05) is 30.3 Å². The predicted molar refractivity (Wildman–Crippen MR) is 123 cm³/mol. The fourth-order valence-corrected chi connectivity index (χ4v) is 3.06. The molecule has 0 aromatic heterocycles. The molecule has 0 aliphatic carbocycles. The van der Waals surface area contributed by atoms with Crippen LogP contribution in [0.15, 0.2) is 30.3 Å². The van der Waals surface area contributed by atoms with Crippen molar-refractivity contribution >= 4 is 29.6 Å². The Morgan fingerprint density at radius 3 is 1.89 bits per heavy atom. The van der Waals surface area contributed by atoms with Crippen LogP contribution in [0.3, 0.4) is 0 Å². The standard InChI is InChI=1S/C22H33N5O8/c1-11(28)17(21(33)27-18(12(2)29)22(34)35)26-20(32)15(10-13-6-4-3-5-7-13)25-19(31)14(23)8-9-16(24)30/h3-7,11-12,14-15,17-18,28-29H,8-10,23H2,1-2H3,(H2,24,30)(H,25,31)(H,26,32)(H,27,33)(H,34,35). The van der Waals surface area contributed by atoms with Crippen molar-refractivity contribution in [3.05, 3.63) is 35.9 Å². The molecule has 6 atom stereocenters. The summed E-state index contributed by atoms with van der Waals surface area (Å²) >= 11 is 0. The Balaban J connectivity index is 3.06. The van der Waals surface area contributed by atoms with Crippen LogP contribution in [0.5, 0.6) is 0 Å². The highest BCUT2D eigenvalue weighted by Gasteiger charge is 2.34. The normalized spacial score (nSPS) is 16.0. The first-order valence-electron chi connectivity index (χ1n) is 10.9. The average molecular weight is 496 g/mol. The van der Waals surface area contributed by atoms with Gasteiger partial charge in [0.05, 0.1) is 18.2 Å². The molecule has 0 spiro atoms. The zero-order chi connectivity index (χ0) is 26.7. The van der Waals surface area contributed by atoms with E-state index in [4.69, 9.17) is 16.6 Å². The van der Waals surface area contributed by atoms with Crippen molar-refractivity contribution in [2.24, 2.45) is 11.5 Å². The molecule has 6 unspecified atom stereocenters. The maximum absolute atomic E-state index is 13.0.